The van der Waals surface area contributed by atoms with Crippen LogP contribution in [0.15, 0.2) is 82.2 Å². The first-order valence-electron chi connectivity index (χ1n) is 8.70. The second-order valence-corrected chi connectivity index (χ2v) is 9.31. The monoisotopic (exact) mass is 468 g/mol. The normalized spacial score (nSPS) is 19.9. The zero-order valence-electron chi connectivity index (χ0n) is 14.5. The number of benzene rings is 3. The molecule has 2 aliphatic heterocycles. The van der Waals surface area contributed by atoms with E-state index in [1.807, 2.05) is 66.7 Å². The number of amides is 1. The van der Waals surface area contributed by atoms with Crippen LogP contribution in [0, 0.1) is 0 Å². The van der Waals surface area contributed by atoms with Gasteiger partial charge >= 0.3 is 0 Å². The van der Waals surface area contributed by atoms with Gasteiger partial charge in [0.2, 0.25) is 5.91 Å². The fourth-order valence-electron chi connectivity index (χ4n) is 3.55. The molecule has 0 fully saturated rings. The minimum Gasteiger partial charge on any atom is -0.354 e. The van der Waals surface area contributed by atoms with Gasteiger partial charge in [-0.05, 0) is 54.1 Å². The van der Waals surface area contributed by atoms with Crippen LogP contribution in [0.1, 0.15) is 11.1 Å². The lowest BCUT2D eigenvalue weighted by Gasteiger charge is -2.23. The molecule has 28 heavy (non-hydrogen) atoms. The number of para-hydroxylation sites is 1. The van der Waals surface area contributed by atoms with Crippen LogP contribution in [-0.4, -0.2) is 5.91 Å². The van der Waals surface area contributed by atoms with Crippen molar-refractivity contribution in [3.05, 3.63) is 93.4 Å². The highest BCUT2D eigenvalue weighted by atomic mass is 79.9. The molecule has 138 valence electrons. The lowest BCUT2D eigenvalue weighted by atomic mass is 9.96. The SMILES string of the molecule is O=C1Nc2ccc(Cl)cc2[C@]12C=C(c1ccc(Br)cc1)Nc1ccccc1S2. The second-order valence-electron chi connectivity index (χ2n) is 6.67. The van der Waals surface area contributed by atoms with Crippen molar-refractivity contribution in [1.82, 2.24) is 0 Å². The lowest BCUT2D eigenvalue weighted by molar-refractivity contribution is -0.116. The number of carbonyl (C=O) groups excluding carboxylic acids is 1. The highest BCUT2D eigenvalue weighted by Crippen LogP contribution is 2.54. The zero-order chi connectivity index (χ0) is 19.3. The Kier molecular flexibility index (Phi) is 4.27. The molecule has 1 atom stereocenters. The first kappa shape index (κ1) is 17.9. The Morgan fingerprint density at radius 2 is 1.71 bits per heavy atom. The largest absolute Gasteiger partial charge is 0.354 e. The van der Waals surface area contributed by atoms with Crippen molar-refractivity contribution in [2.45, 2.75) is 9.64 Å². The first-order valence-corrected chi connectivity index (χ1v) is 10.7. The minimum absolute atomic E-state index is 0.0668. The van der Waals surface area contributed by atoms with Gasteiger partial charge < -0.3 is 10.6 Å². The van der Waals surface area contributed by atoms with E-state index in [1.54, 1.807) is 6.07 Å². The molecule has 2 heterocycles. The number of carbonyl (C=O) groups is 1. The van der Waals surface area contributed by atoms with E-state index < -0.39 is 4.75 Å². The van der Waals surface area contributed by atoms with Crippen molar-refractivity contribution >= 4 is 62.3 Å². The maximum atomic E-state index is 13.3. The summed E-state index contributed by atoms with van der Waals surface area (Å²) in [5, 5.41) is 7.16. The van der Waals surface area contributed by atoms with E-state index in [0.717, 1.165) is 37.6 Å². The molecule has 3 aromatic rings. The Hall–Kier alpha value is -2.21. The summed E-state index contributed by atoms with van der Waals surface area (Å²) in [5.74, 6) is -0.0668. The molecule has 3 nitrogen and oxygen atoms in total. The van der Waals surface area contributed by atoms with Crippen LogP contribution in [0.2, 0.25) is 5.02 Å². The number of hydrogen-bond donors (Lipinski definition) is 2. The third kappa shape index (κ3) is 2.85. The van der Waals surface area contributed by atoms with E-state index >= 15 is 0 Å². The lowest BCUT2D eigenvalue weighted by Crippen LogP contribution is -2.29. The molecule has 0 unspecified atom stereocenters. The summed E-state index contributed by atoms with van der Waals surface area (Å²) in [6.07, 6.45) is 2.01. The molecular weight excluding hydrogens is 456 g/mol. The number of thioether (sulfide) groups is 1. The molecule has 0 radical (unpaired) electrons. The zero-order valence-corrected chi connectivity index (χ0v) is 17.7. The summed E-state index contributed by atoms with van der Waals surface area (Å²) in [6, 6.07) is 21.6. The van der Waals surface area contributed by atoms with Gasteiger partial charge in [-0.2, -0.15) is 0 Å². The summed E-state index contributed by atoms with van der Waals surface area (Å²) < 4.78 is 0.105. The molecule has 5 rings (SSSR count). The Morgan fingerprint density at radius 3 is 2.54 bits per heavy atom. The molecular formula is C22H14BrClN2OS. The summed E-state index contributed by atoms with van der Waals surface area (Å²) in [7, 11) is 0. The summed E-state index contributed by atoms with van der Waals surface area (Å²) in [4.78, 5) is 14.3. The molecule has 1 spiro atoms. The highest BCUT2D eigenvalue weighted by Gasteiger charge is 2.48. The molecule has 2 N–H and O–H groups in total. The van der Waals surface area contributed by atoms with Crippen LogP contribution in [-0.2, 0) is 9.54 Å². The molecule has 1 amide bonds. The molecule has 2 aliphatic rings. The van der Waals surface area contributed by atoms with E-state index in [4.69, 9.17) is 11.6 Å². The fourth-order valence-corrected chi connectivity index (χ4v) is 5.30. The van der Waals surface area contributed by atoms with Crippen molar-refractivity contribution in [1.29, 1.82) is 0 Å². The number of rotatable bonds is 1. The molecule has 6 heteroatoms. The number of fused-ring (bicyclic) bond motifs is 3. The van der Waals surface area contributed by atoms with Crippen LogP contribution in [0.25, 0.3) is 5.70 Å². The van der Waals surface area contributed by atoms with Gasteiger partial charge in [0.15, 0.2) is 0 Å². The third-order valence-corrected chi connectivity index (χ3v) is 7.08. The number of hydrogen-bond acceptors (Lipinski definition) is 3. The van der Waals surface area contributed by atoms with E-state index in [0.29, 0.717) is 5.02 Å². The number of nitrogens with one attached hydrogen (secondary N) is 2. The minimum atomic E-state index is -0.901. The van der Waals surface area contributed by atoms with Crippen molar-refractivity contribution < 1.29 is 4.79 Å². The van der Waals surface area contributed by atoms with Gasteiger partial charge in [-0.25, -0.2) is 0 Å². The molecule has 3 aromatic carbocycles. The first-order chi connectivity index (χ1) is 13.5. The van der Waals surface area contributed by atoms with Crippen LogP contribution in [0.5, 0.6) is 0 Å². The maximum Gasteiger partial charge on any atom is 0.249 e. The van der Waals surface area contributed by atoms with E-state index in [2.05, 4.69) is 26.6 Å². The summed E-state index contributed by atoms with van der Waals surface area (Å²) in [6.45, 7) is 0. The molecule has 0 saturated heterocycles. The predicted molar refractivity (Wildman–Crippen MR) is 120 cm³/mol. The van der Waals surface area contributed by atoms with Crippen molar-refractivity contribution in [2.75, 3.05) is 10.6 Å². The van der Waals surface area contributed by atoms with Gasteiger partial charge in [-0.15, -0.1) is 0 Å². The van der Waals surface area contributed by atoms with Crippen molar-refractivity contribution in [2.24, 2.45) is 0 Å². The van der Waals surface area contributed by atoms with Crippen LogP contribution in [0.4, 0.5) is 11.4 Å². The van der Waals surface area contributed by atoms with E-state index in [1.165, 1.54) is 11.8 Å². The van der Waals surface area contributed by atoms with Crippen LogP contribution in [0.3, 0.4) is 0 Å². The Balaban J connectivity index is 1.77. The standard InChI is InChI=1S/C22H14BrClN2OS/c23-14-7-5-13(6-8-14)19-12-22(28-20-4-2-1-3-18(20)25-19)16-11-15(24)9-10-17(16)26-21(22)27/h1-12,25H,(H,26,27)/t22-/m1/s1. The molecule has 0 aliphatic carbocycles. The summed E-state index contributed by atoms with van der Waals surface area (Å²) >= 11 is 11.3. The van der Waals surface area contributed by atoms with Crippen LogP contribution >= 0.6 is 39.3 Å². The Bertz CT molecular complexity index is 1150. The average molecular weight is 470 g/mol. The van der Waals surface area contributed by atoms with Crippen molar-refractivity contribution in [3.8, 4) is 0 Å². The van der Waals surface area contributed by atoms with E-state index in [-0.39, 0.29) is 5.91 Å². The topological polar surface area (TPSA) is 41.1 Å². The second kappa shape index (κ2) is 6.69. The predicted octanol–water partition coefficient (Wildman–Crippen LogP) is 6.51. The third-order valence-electron chi connectivity index (χ3n) is 4.90. The van der Waals surface area contributed by atoms with Crippen molar-refractivity contribution in [3.63, 3.8) is 0 Å². The average Bonchev–Trinajstić information content (AvgIpc) is 2.85. The van der Waals surface area contributed by atoms with Crippen LogP contribution < -0.4 is 10.6 Å². The number of halogens is 2. The number of anilines is 2. The van der Waals surface area contributed by atoms with Gasteiger partial charge in [0.05, 0.1) is 5.69 Å². The van der Waals surface area contributed by atoms with Gasteiger partial charge in [0, 0.05) is 31.3 Å². The molecule has 0 aromatic heterocycles. The molecule has 0 bridgehead atoms. The highest BCUT2D eigenvalue weighted by molar-refractivity contribution is 9.10. The van der Waals surface area contributed by atoms with E-state index in [9.17, 15) is 4.79 Å². The Morgan fingerprint density at radius 1 is 0.929 bits per heavy atom. The maximum absolute atomic E-state index is 13.3. The quantitative estimate of drug-likeness (QED) is 0.427. The van der Waals surface area contributed by atoms with Gasteiger partial charge in [-0.3, -0.25) is 4.79 Å². The van der Waals surface area contributed by atoms with Gasteiger partial charge in [0.1, 0.15) is 4.75 Å². The smallest absolute Gasteiger partial charge is 0.249 e. The Labute approximate surface area is 180 Å². The fraction of sp³-hybridized carbons (Fsp3) is 0.0455. The van der Waals surface area contributed by atoms with Gasteiger partial charge in [-0.1, -0.05) is 63.6 Å². The van der Waals surface area contributed by atoms with Gasteiger partial charge in [0.25, 0.3) is 0 Å². The molecule has 0 saturated carbocycles. The summed E-state index contributed by atoms with van der Waals surface area (Å²) in [5.41, 5.74) is 4.54.